The van der Waals surface area contributed by atoms with Gasteiger partial charge in [-0.3, -0.25) is 0 Å². The number of carbonyl (C=O) groups is 1. The van der Waals surface area contributed by atoms with Gasteiger partial charge >= 0.3 is 6.03 Å². The molecule has 0 bridgehead atoms. The average Bonchev–Trinajstić information content (AvgIpc) is 3.24. The van der Waals surface area contributed by atoms with E-state index in [1.54, 1.807) is 6.92 Å². The lowest BCUT2D eigenvalue weighted by atomic mass is 9.86. The molecule has 2 amide bonds. The van der Waals surface area contributed by atoms with E-state index in [1.807, 2.05) is 37.3 Å². The lowest BCUT2D eigenvalue weighted by Gasteiger charge is -2.30. The second-order valence-electron chi connectivity index (χ2n) is 6.92. The second kappa shape index (κ2) is 7.23. The first-order valence-corrected chi connectivity index (χ1v) is 8.59. The van der Waals surface area contributed by atoms with Gasteiger partial charge in [0.2, 0.25) is 0 Å². The number of nitrogens with zero attached hydrogens (tertiary/aromatic N) is 2. The lowest BCUT2D eigenvalue weighted by molar-refractivity contribution is 0.120. The summed E-state index contributed by atoms with van der Waals surface area (Å²) in [5, 5.41) is 19.3. The minimum atomic E-state index is -0.386. The fourth-order valence-electron chi connectivity index (χ4n) is 3.24. The fourth-order valence-corrected chi connectivity index (χ4v) is 3.24. The Morgan fingerprint density at radius 2 is 2.20 bits per heavy atom. The Morgan fingerprint density at radius 1 is 1.44 bits per heavy atom. The third kappa shape index (κ3) is 3.82. The van der Waals surface area contributed by atoms with Gasteiger partial charge < -0.3 is 20.3 Å². The predicted octanol–water partition coefficient (Wildman–Crippen LogP) is 2.65. The largest absolute Gasteiger partial charge is 0.396 e. The number of benzene rings is 1. The van der Waals surface area contributed by atoms with Gasteiger partial charge in [-0.1, -0.05) is 36.7 Å². The Kier molecular flexibility index (Phi) is 5.03. The third-order valence-corrected chi connectivity index (χ3v) is 4.95. The van der Waals surface area contributed by atoms with Crippen molar-refractivity contribution in [1.29, 1.82) is 0 Å². The molecular formula is C18H24N4O3. The molecule has 2 aromatic rings. The summed E-state index contributed by atoms with van der Waals surface area (Å²) in [5.74, 6) is 0.846. The molecule has 134 valence electrons. The molecule has 1 heterocycles. The third-order valence-electron chi connectivity index (χ3n) is 4.95. The molecule has 3 rings (SSSR count). The van der Waals surface area contributed by atoms with Crippen LogP contribution in [0.3, 0.4) is 0 Å². The number of aliphatic hydroxyl groups is 1. The zero-order chi connectivity index (χ0) is 17.9. The van der Waals surface area contributed by atoms with Gasteiger partial charge in [0.25, 0.3) is 5.89 Å². The molecule has 7 nitrogen and oxygen atoms in total. The number of nitrogens with one attached hydrogen (secondary N) is 2. The summed E-state index contributed by atoms with van der Waals surface area (Å²) >= 11 is 0. The Bertz CT molecular complexity index is 718. The second-order valence-corrected chi connectivity index (χ2v) is 6.92. The monoisotopic (exact) mass is 344 g/mol. The molecular weight excluding hydrogens is 320 g/mol. The summed E-state index contributed by atoms with van der Waals surface area (Å²) in [7, 11) is 0. The SMILES string of the molecule is CC(NC(=O)NC1CCCC1(C)CO)c1noc(-c2ccccc2)n1. The number of amides is 2. The van der Waals surface area contributed by atoms with Crippen LogP contribution in [0.15, 0.2) is 34.9 Å². The number of hydrogen-bond acceptors (Lipinski definition) is 5. The van der Waals surface area contributed by atoms with Crippen LogP contribution in [0, 0.1) is 5.41 Å². The zero-order valence-electron chi connectivity index (χ0n) is 14.5. The van der Waals surface area contributed by atoms with Crippen molar-refractivity contribution in [1.82, 2.24) is 20.8 Å². The Morgan fingerprint density at radius 3 is 2.92 bits per heavy atom. The maximum absolute atomic E-state index is 12.3. The van der Waals surface area contributed by atoms with Crippen LogP contribution in [-0.2, 0) is 0 Å². The first-order chi connectivity index (χ1) is 12.0. The van der Waals surface area contributed by atoms with Gasteiger partial charge in [0.05, 0.1) is 12.6 Å². The summed E-state index contributed by atoms with van der Waals surface area (Å²) in [6, 6.07) is 8.78. The van der Waals surface area contributed by atoms with Gasteiger partial charge in [0.1, 0.15) is 0 Å². The number of hydrogen-bond donors (Lipinski definition) is 3. The quantitative estimate of drug-likeness (QED) is 0.774. The molecule has 7 heteroatoms. The van der Waals surface area contributed by atoms with Crippen LogP contribution in [0.25, 0.3) is 11.5 Å². The van der Waals surface area contributed by atoms with E-state index < -0.39 is 0 Å². The molecule has 3 unspecified atom stereocenters. The van der Waals surface area contributed by atoms with Crippen molar-refractivity contribution in [3.05, 3.63) is 36.2 Å². The molecule has 1 aromatic carbocycles. The Hall–Kier alpha value is -2.41. The number of urea groups is 1. The van der Waals surface area contributed by atoms with Crippen molar-refractivity contribution in [2.75, 3.05) is 6.61 Å². The van der Waals surface area contributed by atoms with E-state index in [0.29, 0.717) is 11.7 Å². The summed E-state index contributed by atoms with van der Waals surface area (Å²) in [6.07, 6.45) is 2.79. The molecule has 1 aliphatic carbocycles. The maximum Gasteiger partial charge on any atom is 0.315 e. The van der Waals surface area contributed by atoms with E-state index in [9.17, 15) is 9.90 Å². The van der Waals surface area contributed by atoms with E-state index in [1.165, 1.54) is 0 Å². The van der Waals surface area contributed by atoms with Gasteiger partial charge in [0, 0.05) is 17.0 Å². The Labute approximate surface area is 146 Å². The summed E-state index contributed by atoms with van der Waals surface area (Å²) in [5.41, 5.74) is 0.579. The van der Waals surface area contributed by atoms with Crippen molar-refractivity contribution < 1.29 is 14.4 Å². The minimum Gasteiger partial charge on any atom is -0.396 e. The first kappa shape index (κ1) is 17.4. The van der Waals surface area contributed by atoms with Crippen molar-refractivity contribution in [3.8, 4) is 11.5 Å². The fraction of sp³-hybridized carbons (Fsp3) is 0.500. The van der Waals surface area contributed by atoms with Crippen molar-refractivity contribution in [2.45, 2.75) is 45.2 Å². The molecule has 25 heavy (non-hydrogen) atoms. The standard InChI is InChI=1S/C18H24N4O3/c1-12(15-21-16(25-22-15)13-7-4-3-5-8-13)19-17(24)20-14-9-6-10-18(14,2)11-23/h3-5,7-8,12,14,23H,6,9-11H2,1-2H3,(H2,19,20,24). The van der Waals surface area contributed by atoms with Crippen molar-refractivity contribution >= 4 is 6.03 Å². The maximum atomic E-state index is 12.3. The average molecular weight is 344 g/mol. The number of aliphatic hydroxyl groups excluding tert-OH is 1. The van der Waals surface area contributed by atoms with Crippen molar-refractivity contribution in [2.24, 2.45) is 5.41 Å². The molecule has 1 aliphatic rings. The predicted molar refractivity (Wildman–Crippen MR) is 92.6 cm³/mol. The first-order valence-electron chi connectivity index (χ1n) is 8.59. The molecule has 1 fully saturated rings. The van der Waals surface area contributed by atoms with Crippen LogP contribution >= 0.6 is 0 Å². The van der Waals surface area contributed by atoms with Crippen LogP contribution in [0.2, 0.25) is 0 Å². The molecule has 3 atom stereocenters. The highest BCUT2D eigenvalue weighted by molar-refractivity contribution is 5.74. The summed E-state index contributed by atoms with van der Waals surface area (Å²) < 4.78 is 5.27. The molecule has 0 radical (unpaired) electrons. The molecule has 1 saturated carbocycles. The molecule has 0 aliphatic heterocycles. The van der Waals surface area contributed by atoms with Crippen LogP contribution in [0.1, 0.15) is 45.0 Å². The molecule has 3 N–H and O–H groups in total. The van der Waals surface area contributed by atoms with Gasteiger partial charge in [-0.25, -0.2) is 4.79 Å². The molecule has 0 spiro atoms. The smallest absolute Gasteiger partial charge is 0.315 e. The minimum absolute atomic E-state index is 0.0325. The highest BCUT2D eigenvalue weighted by atomic mass is 16.5. The number of rotatable bonds is 5. The highest BCUT2D eigenvalue weighted by Crippen LogP contribution is 2.37. The lowest BCUT2D eigenvalue weighted by Crippen LogP contribution is -2.49. The normalized spacial score (nSPS) is 24.0. The van der Waals surface area contributed by atoms with E-state index >= 15 is 0 Å². The van der Waals surface area contributed by atoms with Crippen LogP contribution < -0.4 is 10.6 Å². The van der Waals surface area contributed by atoms with E-state index in [0.717, 1.165) is 24.8 Å². The number of aromatic nitrogens is 2. The topological polar surface area (TPSA) is 100 Å². The number of carbonyl (C=O) groups excluding carboxylic acids is 1. The van der Waals surface area contributed by atoms with Crippen molar-refractivity contribution in [3.63, 3.8) is 0 Å². The summed E-state index contributed by atoms with van der Waals surface area (Å²) in [6.45, 7) is 3.87. The van der Waals surface area contributed by atoms with E-state index in [2.05, 4.69) is 20.8 Å². The molecule has 1 aromatic heterocycles. The van der Waals surface area contributed by atoms with Crippen LogP contribution in [0.4, 0.5) is 4.79 Å². The van der Waals surface area contributed by atoms with Gasteiger partial charge in [0.15, 0.2) is 5.82 Å². The van der Waals surface area contributed by atoms with Crippen LogP contribution in [0.5, 0.6) is 0 Å². The van der Waals surface area contributed by atoms with Gasteiger partial charge in [-0.2, -0.15) is 4.98 Å². The van der Waals surface area contributed by atoms with Gasteiger partial charge in [-0.05, 0) is 31.9 Å². The summed E-state index contributed by atoms with van der Waals surface area (Å²) in [4.78, 5) is 16.6. The zero-order valence-corrected chi connectivity index (χ0v) is 14.5. The Balaban J connectivity index is 1.60. The highest BCUT2D eigenvalue weighted by Gasteiger charge is 2.39. The van der Waals surface area contributed by atoms with E-state index in [-0.39, 0.29) is 30.1 Å². The molecule has 0 saturated heterocycles. The van der Waals surface area contributed by atoms with Gasteiger partial charge in [-0.15, -0.1) is 0 Å². The van der Waals surface area contributed by atoms with E-state index in [4.69, 9.17) is 4.52 Å². The van der Waals surface area contributed by atoms with Crippen LogP contribution in [-0.4, -0.2) is 33.9 Å².